The number of nitrogens with one attached hydrogen (secondary N) is 1. The van der Waals surface area contributed by atoms with Crippen molar-refractivity contribution in [2.24, 2.45) is 0 Å². The Bertz CT molecular complexity index is 786. The van der Waals surface area contributed by atoms with Gasteiger partial charge in [-0.15, -0.1) is 0 Å². The van der Waals surface area contributed by atoms with Gasteiger partial charge in [-0.25, -0.2) is 0 Å². The zero-order valence-corrected chi connectivity index (χ0v) is 17.5. The third kappa shape index (κ3) is 9.21. The number of anilines is 1. The van der Waals surface area contributed by atoms with E-state index in [1.807, 2.05) is 31.2 Å². The van der Waals surface area contributed by atoms with E-state index in [-0.39, 0.29) is 5.97 Å². The minimum absolute atomic E-state index is 0.136. The number of unbranched alkanes of at least 4 members (excludes halogenated alkanes) is 3. The zero-order chi connectivity index (χ0) is 20.7. The molecule has 4 nitrogen and oxygen atoms in total. The molecular weight excluding hydrogens is 362 g/mol. The summed E-state index contributed by atoms with van der Waals surface area (Å²) in [5.41, 5.74) is 3.29. The molecule has 4 heteroatoms. The first-order valence-electron chi connectivity index (χ1n) is 10.3. The molecule has 0 fully saturated rings. The number of carbonyl (C=O) groups excluding carboxylic acids is 1. The van der Waals surface area contributed by atoms with Crippen molar-refractivity contribution in [3.8, 4) is 17.6 Å². The van der Waals surface area contributed by atoms with E-state index in [9.17, 15) is 4.79 Å². The van der Waals surface area contributed by atoms with Crippen LogP contribution in [0.1, 0.15) is 50.2 Å². The number of aryl methyl sites for hydroxylation is 1. The van der Waals surface area contributed by atoms with Gasteiger partial charge in [0.15, 0.2) is 0 Å². The van der Waals surface area contributed by atoms with Gasteiger partial charge in [-0.1, -0.05) is 30.4 Å². The lowest BCUT2D eigenvalue weighted by Gasteiger charge is -2.07. The number of esters is 1. The van der Waals surface area contributed by atoms with Crippen LogP contribution in [0.25, 0.3) is 0 Å². The second-order valence-corrected chi connectivity index (χ2v) is 6.77. The van der Waals surface area contributed by atoms with Crippen LogP contribution >= 0.6 is 0 Å². The summed E-state index contributed by atoms with van der Waals surface area (Å²) in [5, 5.41) is 3.45. The Morgan fingerprint density at radius 2 is 1.76 bits per heavy atom. The topological polar surface area (TPSA) is 47.6 Å². The number of hydrogen-bond acceptors (Lipinski definition) is 4. The molecule has 0 saturated carbocycles. The molecule has 0 atom stereocenters. The first-order valence-corrected chi connectivity index (χ1v) is 10.3. The van der Waals surface area contributed by atoms with Crippen LogP contribution < -0.4 is 10.1 Å². The molecule has 2 rings (SSSR count). The van der Waals surface area contributed by atoms with E-state index in [1.54, 1.807) is 7.11 Å². The number of hydrogen-bond donors (Lipinski definition) is 1. The average molecular weight is 394 g/mol. The van der Waals surface area contributed by atoms with Gasteiger partial charge >= 0.3 is 5.97 Å². The molecule has 0 unspecified atom stereocenters. The summed E-state index contributed by atoms with van der Waals surface area (Å²) in [7, 11) is 1.67. The van der Waals surface area contributed by atoms with Gasteiger partial charge in [0.2, 0.25) is 0 Å². The molecule has 0 aliphatic carbocycles. The highest BCUT2D eigenvalue weighted by atomic mass is 16.5. The van der Waals surface area contributed by atoms with E-state index in [0.717, 1.165) is 61.2 Å². The van der Waals surface area contributed by atoms with Crippen molar-refractivity contribution in [1.82, 2.24) is 0 Å². The molecule has 2 aromatic rings. The van der Waals surface area contributed by atoms with Gasteiger partial charge in [0.05, 0.1) is 13.7 Å². The first kappa shape index (κ1) is 22.4. The van der Waals surface area contributed by atoms with Gasteiger partial charge in [-0.3, -0.25) is 4.79 Å². The Kier molecular flexibility index (Phi) is 10.2. The summed E-state index contributed by atoms with van der Waals surface area (Å²) in [5.74, 6) is 7.15. The molecule has 0 aromatic heterocycles. The fourth-order valence-electron chi connectivity index (χ4n) is 2.86. The van der Waals surface area contributed by atoms with Crippen molar-refractivity contribution in [2.75, 3.05) is 25.6 Å². The van der Waals surface area contributed by atoms with Crippen LogP contribution in [-0.4, -0.2) is 26.2 Å². The standard InChI is InChI=1S/C25H31NO3/c1-3-29-25(27)19-14-22-10-15-23(16-11-22)26-20-8-6-4-5-7-9-21-12-17-24(28-2)18-13-21/h10-13,15-18,26H,3-6,8,14,19-20H2,1-2H3. The first-order chi connectivity index (χ1) is 14.2. The van der Waals surface area contributed by atoms with E-state index in [2.05, 4.69) is 41.4 Å². The van der Waals surface area contributed by atoms with Crippen molar-refractivity contribution >= 4 is 11.7 Å². The summed E-state index contributed by atoms with van der Waals surface area (Å²) in [6, 6.07) is 16.1. The third-order valence-electron chi connectivity index (χ3n) is 4.51. The number of methoxy groups -OCH3 is 1. The molecule has 154 valence electrons. The number of rotatable bonds is 11. The molecule has 0 aliphatic heterocycles. The molecule has 0 radical (unpaired) electrons. The molecular formula is C25H31NO3. The monoisotopic (exact) mass is 393 g/mol. The molecule has 0 saturated heterocycles. The second-order valence-electron chi connectivity index (χ2n) is 6.77. The van der Waals surface area contributed by atoms with E-state index in [4.69, 9.17) is 9.47 Å². The normalized spacial score (nSPS) is 10.0. The Labute approximate surface area is 174 Å². The highest BCUT2D eigenvalue weighted by Gasteiger charge is 2.02. The summed E-state index contributed by atoms with van der Waals surface area (Å²) >= 11 is 0. The average Bonchev–Trinajstić information content (AvgIpc) is 2.75. The van der Waals surface area contributed by atoms with Gasteiger partial charge < -0.3 is 14.8 Å². The molecule has 0 bridgehead atoms. The van der Waals surface area contributed by atoms with Gasteiger partial charge in [0.1, 0.15) is 5.75 Å². The molecule has 0 amide bonds. The van der Waals surface area contributed by atoms with Crippen molar-refractivity contribution < 1.29 is 14.3 Å². The van der Waals surface area contributed by atoms with Crippen LogP contribution in [-0.2, 0) is 16.0 Å². The predicted octanol–water partition coefficient (Wildman–Crippen LogP) is 5.21. The van der Waals surface area contributed by atoms with Gasteiger partial charge in [-0.2, -0.15) is 0 Å². The SMILES string of the molecule is CCOC(=O)CCc1ccc(NCCCCCC#Cc2ccc(OC)cc2)cc1. The number of carbonyl (C=O) groups is 1. The minimum atomic E-state index is -0.136. The van der Waals surface area contributed by atoms with Crippen molar-refractivity contribution in [3.63, 3.8) is 0 Å². The third-order valence-corrected chi connectivity index (χ3v) is 4.51. The van der Waals surface area contributed by atoms with Crippen molar-refractivity contribution in [2.45, 2.75) is 45.4 Å². The lowest BCUT2D eigenvalue weighted by molar-refractivity contribution is -0.143. The van der Waals surface area contributed by atoms with Gasteiger partial charge in [-0.05, 0) is 68.1 Å². The predicted molar refractivity (Wildman–Crippen MR) is 118 cm³/mol. The van der Waals surface area contributed by atoms with E-state index in [0.29, 0.717) is 13.0 Å². The van der Waals surface area contributed by atoms with E-state index < -0.39 is 0 Å². The fourth-order valence-corrected chi connectivity index (χ4v) is 2.86. The quantitative estimate of drug-likeness (QED) is 0.323. The minimum Gasteiger partial charge on any atom is -0.497 e. The van der Waals surface area contributed by atoms with Crippen LogP contribution in [0.15, 0.2) is 48.5 Å². The highest BCUT2D eigenvalue weighted by Crippen LogP contribution is 2.12. The second kappa shape index (κ2) is 13.3. The molecule has 0 spiro atoms. The van der Waals surface area contributed by atoms with E-state index in [1.165, 1.54) is 0 Å². The Hall–Kier alpha value is -2.93. The molecule has 0 aliphatic rings. The maximum atomic E-state index is 11.4. The molecule has 2 aromatic carbocycles. The summed E-state index contributed by atoms with van der Waals surface area (Å²) < 4.78 is 10.1. The molecule has 29 heavy (non-hydrogen) atoms. The maximum Gasteiger partial charge on any atom is 0.306 e. The Morgan fingerprint density at radius 1 is 1.00 bits per heavy atom. The smallest absolute Gasteiger partial charge is 0.306 e. The number of benzene rings is 2. The van der Waals surface area contributed by atoms with Crippen LogP contribution in [0.2, 0.25) is 0 Å². The Morgan fingerprint density at radius 3 is 2.45 bits per heavy atom. The van der Waals surface area contributed by atoms with Crippen LogP contribution in [0.3, 0.4) is 0 Å². The van der Waals surface area contributed by atoms with E-state index >= 15 is 0 Å². The molecule has 1 N–H and O–H groups in total. The van der Waals surface area contributed by atoms with Crippen LogP contribution in [0.4, 0.5) is 5.69 Å². The largest absolute Gasteiger partial charge is 0.497 e. The Balaban J connectivity index is 1.56. The van der Waals surface area contributed by atoms with Gasteiger partial charge in [0, 0.05) is 30.6 Å². The zero-order valence-electron chi connectivity index (χ0n) is 17.5. The van der Waals surface area contributed by atoms with Crippen molar-refractivity contribution in [1.29, 1.82) is 0 Å². The summed E-state index contributed by atoms with van der Waals surface area (Å²) in [6.07, 6.45) is 5.45. The number of ether oxygens (including phenoxy) is 2. The maximum absolute atomic E-state index is 11.4. The summed E-state index contributed by atoms with van der Waals surface area (Å²) in [6.45, 7) is 3.22. The summed E-state index contributed by atoms with van der Waals surface area (Å²) in [4.78, 5) is 11.4. The molecule has 0 heterocycles. The fraction of sp³-hybridized carbons (Fsp3) is 0.400. The van der Waals surface area contributed by atoms with Crippen LogP contribution in [0.5, 0.6) is 5.75 Å². The van der Waals surface area contributed by atoms with Gasteiger partial charge in [0.25, 0.3) is 0 Å². The van der Waals surface area contributed by atoms with Crippen molar-refractivity contribution in [3.05, 3.63) is 59.7 Å². The lowest BCUT2D eigenvalue weighted by atomic mass is 10.1. The lowest BCUT2D eigenvalue weighted by Crippen LogP contribution is -2.05. The highest BCUT2D eigenvalue weighted by molar-refractivity contribution is 5.69. The van der Waals surface area contributed by atoms with Crippen LogP contribution in [0, 0.1) is 11.8 Å².